The summed E-state index contributed by atoms with van der Waals surface area (Å²) in [5, 5.41) is 34.5. The van der Waals surface area contributed by atoms with Gasteiger partial charge in [0.15, 0.2) is 18.7 Å². The molecule has 0 amide bonds. The number of hydrogen-bond donors (Lipinski definition) is 3. The number of cyclic esters (lactones) is 1. The first kappa shape index (κ1) is 49.2. The smallest absolute Gasteiger partial charge is 0.338 e. The van der Waals surface area contributed by atoms with Gasteiger partial charge in [0.1, 0.15) is 17.8 Å². The van der Waals surface area contributed by atoms with E-state index in [2.05, 4.69) is 0 Å². The van der Waals surface area contributed by atoms with E-state index in [1.54, 1.807) is 72.1 Å². The molecule has 1 aromatic carbocycles. The standard InChI is InChI=1S/C45H73NO13/c1-15-33-43(8,51)22-25(2)35(47)26(3)23-45(10,53-14)39(28(5)36(29(6)40(49)56-33)57-34-24-44(9,52-13)38(48)30(7)55-34)59-42-37(32(46(11)12)21-27(4)54-42)58-41(50)31-19-17-16-18-20-31/h16-20,22,26-30,32-39,42,47-48,51H,15,21,23-24H2,1-14H3/b25-22+/t26-,27-,28+,29-,30+,32+,33-,34?,35-,36+,37-,38+,39-,42?,43+,44-,45-/m1/s1. The third-order valence-corrected chi connectivity index (χ3v) is 13.0. The molecule has 1 aromatic rings. The average molecular weight is 836 g/mol. The molecule has 0 saturated carbocycles. The van der Waals surface area contributed by atoms with E-state index in [0.29, 0.717) is 17.6 Å². The summed E-state index contributed by atoms with van der Waals surface area (Å²) in [5.41, 5.74) is -2.96. The first-order valence-corrected chi connectivity index (χ1v) is 21.1. The van der Waals surface area contributed by atoms with Crippen LogP contribution in [0.25, 0.3) is 0 Å². The zero-order valence-corrected chi connectivity index (χ0v) is 37.7. The summed E-state index contributed by atoms with van der Waals surface area (Å²) in [6.45, 7) is 17.9. The minimum atomic E-state index is -1.61. The number of carbonyl (C=O) groups is 2. The fourth-order valence-corrected chi connectivity index (χ4v) is 9.29. The molecule has 0 bridgehead atoms. The van der Waals surface area contributed by atoms with Crippen LogP contribution in [0.5, 0.6) is 0 Å². The molecule has 0 aromatic heterocycles. The molecule has 2 fully saturated rings. The van der Waals surface area contributed by atoms with Crippen LogP contribution in [0.15, 0.2) is 42.0 Å². The maximum Gasteiger partial charge on any atom is 0.338 e. The fourth-order valence-electron chi connectivity index (χ4n) is 9.29. The second-order valence-corrected chi connectivity index (χ2v) is 18.2. The summed E-state index contributed by atoms with van der Waals surface area (Å²) in [5.74, 6) is -3.29. The zero-order valence-electron chi connectivity index (χ0n) is 37.7. The van der Waals surface area contributed by atoms with E-state index in [4.69, 9.17) is 37.9 Å². The van der Waals surface area contributed by atoms with Gasteiger partial charge in [-0.3, -0.25) is 4.79 Å². The van der Waals surface area contributed by atoms with Gasteiger partial charge in [0.25, 0.3) is 0 Å². The Morgan fingerprint density at radius 2 is 1.54 bits per heavy atom. The largest absolute Gasteiger partial charge is 0.459 e. The lowest BCUT2D eigenvalue weighted by Crippen LogP contribution is -2.61. The number of carbonyl (C=O) groups excluding carboxylic acids is 2. The molecule has 0 radical (unpaired) electrons. The van der Waals surface area contributed by atoms with Crippen molar-refractivity contribution in [3.8, 4) is 0 Å². The highest BCUT2D eigenvalue weighted by Gasteiger charge is 2.53. The molecule has 59 heavy (non-hydrogen) atoms. The van der Waals surface area contributed by atoms with E-state index in [0.717, 1.165) is 0 Å². The van der Waals surface area contributed by atoms with E-state index < -0.39 is 102 Å². The monoisotopic (exact) mass is 836 g/mol. The number of nitrogens with zero attached hydrogens (tertiary/aromatic N) is 1. The molecule has 14 nitrogen and oxygen atoms in total. The lowest BCUT2D eigenvalue weighted by atomic mass is 9.75. The number of likely N-dealkylation sites (N-methyl/N-ethyl adjacent to an activating group) is 1. The van der Waals surface area contributed by atoms with Gasteiger partial charge in [-0.15, -0.1) is 0 Å². The van der Waals surface area contributed by atoms with Gasteiger partial charge in [0.05, 0.1) is 59.2 Å². The predicted octanol–water partition coefficient (Wildman–Crippen LogP) is 5.05. The maximum absolute atomic E-state index is 14.4. The van der Waals surface area contributed by atoms with E-state index >= 15 is 0 Å². The molecule has 2 saturated heterocycles. The third-order valence-electron chi connectivity index (χ3n) is 13.0. The van der Waals surface area contributed by atoms with Gasteiger partial charge in [0, 0.05) is 26.6 Å². The summed E-state index contributed by atoms with van der Waals surface area (Å²) in [7, 11) is 6.92. The first-order valence-electron chi connectivity index (χ1n) is 21.1. The molecular formula is C45H73NO13. The number of esters is 2. The number of ether oxygens (including phenoxy) is 8. The number of aliphatic hydroxyl groups is 3. The molecule has 0 spiro atoms. The Labute approximate surface area is 351 Å². The number of rotatable bonds is 10. The zero-order chi connectivity index (χ0) is 44.2. The lowest BCUT2D eigenvalue weighted by molar-refractivity contribution is -0.319. The van der Waals surface area contributed by atoms with Crippen molar-refractivity contribution in [1.29, 1.82) is 0 Å². The van der Waals surface area contributed by atoms with Gasteiger partial charge in [-0.2, -0.15) is 0 Å². The molecule has 2 unspecified atom stereocenters. The van der Waals surface area contributed by atoms with Crippen LogP contribution in [0.4, 0.5) is 0 Å². The van der Waals surface area contributed by atoms with Gasteiger partial charge >= 0.3 is 11.9 Å². The molecule has 3 aliphatic heterocycles. The summed E-state index contributed by atoms with van der Waals surface area (Å²) < 4.78 is 51.5. The minimum absolute atomic E-state index is 0.137. The topological polar surface area (TPSA) is 172 Å². The molecule has 3 heterocycles. The highest BCUT2D eigenvalue weighted by atomic mass is 16.7. The predicted molar refractivity (Wildman–Crippen MR) is 220 cm³/mol. The molecule has 0 aliphatic carbocycles. The Hall–Kier alpha value is -2.50. The van der Waals surface area contributed by atoms with Crippen LogP contribution < -0.4 is 0 Å². The summed E-state index contributed by atoms with van der Waals surface area (Å²) in [6.07, 6.45) is -6.02. The third kappa shape index (κ3) is 11.3. The Morgan fingerprint density at radius 3 is 2.12 bits per heavy atom. The van der Waals surface area contributed by atoms with Crippen molar-refractivity contribution in [2.45, 2.75) is 179 Å². The molecule has 17 atom stereocenters. The number of benzene rings is 1. The van der Waals surface area contributed by atoms with Crippen LogP contribution in [-0.4, -0.2) is 145 Å². The van der Waals surface area contributed by atoms with E-state index in [9.17, 15) is 24.9 Å². The van der Waals surface area contributed by atoms with E-state index in [1.807, 2.05) is 59.7 Å². The van der Waals surface area contributed by atoms with Crippen LogP contribution in [0.3, 0.4) is 0 Å². The number of hydrogen-bond acceptors (Lipinski definition) is 14. The lowest BCUT2D eigenvalue weighted by Gasteiger charge is -2.50. The van der Waals surface area contributed by atoms with Crippen molar-refractivity contribution in [2.75, 3.05) is 28.3 Å². The summed E-state index contributed by atoms with van der Waals surface area (Å²) in [4.78, 5) is 30.1. The van der Waals surface area contributed by atoms with Crippen molar-refractivity contribution in [3.63, 3.8) is 0 Å². The first-order chi connectivity index (χ1) is 27.5. The van der Waals surface area contributed by atoms with Gasteiger partial charge in [0.2, 0.25) is 0 Å². The normalized spacial score (nSPS) is 43.9. The Kier molecular flexibility index (Phi) is 16.8. The summed E-state index contributed by atoms with van der Waals surface area (Å²) >= 11 is 0. The highest BCUT2D eigenvalue weighted by molar-refractivity contribution is 5.89. The quantitative estimate of drug-likeness (QED) is 0.211. The summed E-state index contributed by atoms with van der Waals surface area (Å²) in [6, 6.07) is 8.43. The average Bonchev–Trinajstić information content (AvgIpc) is 3.19. The van der Waals surface area contributed by atoms with Crippen LogP contribution >= 0.6 is 0 Å². The Balaban J connectivity index is 1.90. The van der Waals surface area contributed by atoms with Gasteiger partial charge in [-0.05, 0) is 112 Å². The van der Waals surface area contributed by atoms with Gasteiger partial charge < -0.3 is 58.1 Å². The Morgan fingerprint density at radius 1 is 0.915 bits per heavy atom. The molecule has 14 heteroatoms. The minimum Gasteiger partial charge on any atom is -0.459 e. The fraction of sp³-hybridized carbons (Fsp3) is 0.778. The van der Waals surface area contributed by atoms with Crippen molar-refractivity contribution >= 4 is 11.9 Å². The van der Waals surface area contributed by atoms with E-state index in [-0.39, 0.29) is 31.4 Å². The van der Waals surface area contributed by atoms with E-state index in [1.165, 1.54) is 7.11 Å². The Bertz CT molecular complexity index is 1560. The molecular weight excluding hydrogens is 762 g/mol. The highest BCUT2D eigenvalue weighted by Crippen LogP contribution is 2.42. The van der Waals surface area contributed by atoms with Crippen LogP contribution in [0.1, 0.15) is 105 Å². The van der Waals surface area contributed by atoms with Crippen LogP contribution in [-0.2, 0) is 42.7 Å². The second kappa shape index (κ2) is 20.1. The molecule has 336 valence electrons. The number of methoxy groups -OCH3 is 2. The van der Waals surface area contributed by atoms with Crippen molar-refractivity contribution in [1.82, 2.24) is 4.90 Å². The molecule has 3 N–H and O–H groups in total. The molecule has 4 rings (SSSR count). The number of aliphatic hydroxyl groups excluding tert-OH is 2. The van der Waals surface area contributed by atoms with Gasteiger partial charge in [-0.25, -0.2) is 4.79 Å². The maximum atomic E-state index is 14.4. The van der Waals surface area contributed by atoms with Crippen molar-refractivity contribution < 1.29 is 62.8 Å². The van der Waals surface area contributed by atoms with Crippen LogP contribution in [0, 0.1) is 17.8 Å². The van der Waals surface area contributed by atoms with Crippen molar-refractivity contribution in [3.05, 3.63) is 47.5 Å². The second-order valence-electron chi connectivity index (χ2n) is 18.2. The van der Waals surface area contributed by atoms with Crippen molar-refractivity contribution in [2.24, 2.45) is 17.8 Å². The SMILES string of the molecule is CC[C@H]1OC(=O)[C@H](C)[C@@H](OC2C[C@@](C)(OC)[C@@H](O)[C@H](C)O2)[C@H](C)[C@@H](OC2O[C@H](C)C[C@H](N(C)C)[C@H]2OC(=O)c2ccccc2)[C@](C)(OC)C[C@@H](C)[C@H](O)/C(C)=C/[C@]1(C)O. The molecule has 3 aliphatic rings. The van der Waals surface area contributed by atoms with Crippen LogP contribution in [0.2, 0.25) is 0 Å². The van der Waals surface area contributed by atoms with Gasteiger partial charge in [-0.1, -0.05) is 39.0 Å².